The van der Waals surface area contributed by atoms with Gasteiger partial charge in [-0.15, -0.1) is 0 Å². The standard InChI is InChI=1S/C25H38N4O3/c1-5-20-6-8-22(26-15-20)17-28(3)16-21-7-9-24(31-4)14-25(21)32-19-23(30)18-29-12-10-27(2)11-13-29/h6-9,14-15,23,30H,5,10-13,16-19H2,1-4H3/t23-/m1/s1. The van der Waals surface area contributed by atoms with E-state index in [1.54, 1.807) is 7.11 Å². The molecular formula is C25H38N4O3. The number of aryl methyl sites for hydroxylation is 1. The van der Waals surface area contributed by atoms with E-state index in [-0.39, 0.29) is 6.61 Å². The molecular weight excluding hydrogens is 404 g/mol. The first-order valence-corrected chi connectivity index (χ1v) is 11.5. The van der Waals surface area contributed by atoms with Gasteiger partial charge >= 0.3 is 0 Å². The number of benzene rings is 1. The van der Waals surface area contributed by atoms with Gasteiger partial charge in [0.05, 0.1) is 12.8 Å². The molecule has 1 aliphatic heterocycles. The number of hydrogen-bond donors (Lipinski definition) is 1. The number of pyridine rings is 1. The van der Waals surface area contributed by atoms with E-state index in [1.807, 2.05) is 24.4 Å². The first kappa shape index (κ1) is 24.5. The van der Waals surface area contributed by atoms with Crippen LogP contribution < -0.4 is 9.47 Å². The molecule has 176 valence electrons. The van der Waals surface area contributed by atoms with Crippen LogP contribution in [0.15, 0.2) is 36.5 Å². The monoisotopic (exact) mass is 442 g/mol. The summed E-state index contributed by atoms with van der Waals surface area (Å²) in [6, 6.07) is 10.1. The zero-order valence-corrected chi connectivity index (χ0v) is 20.0. The van der Waals surface area contributed by atoms with Crippen LogP contribution in [0.3, 0.4) is 0 Å². The fourth-order valence-corrected chi connectivity index (χ4v) is 3.88. The van der Waals surface area contributed by atoms with Crippen LogP contribution in [0.1, 0.15) is 23.7 Å². The molecule has 2 aromatic rings. The van der Waals surface area contributed by atoms with Crippen LogP contribution in [0.4, 0.5) is 0 Å². The Morgan fingerprint density at radius 1 is 1.12 bits per heavy atom. The summed E-state index contributed by atoms with van der Waals surface area (Å²) in [4.78, 5) is 11.4. The van der Waals surface area contributed by atoms with E-state index >= 15 is 0 Å². The average molecular weight is 443 g/mol. The molecule has 0 bridgehead atoms. The molecule has 2 heterocycles. The molecule has 1 aromatic heterocycles. The van der Waals surface area contributed by atoms with E-state index in [0.717, 1.165) is 61.9 Å². The van der Waals surface area contributed by atoms with Gasteiger partial charge in [-0.25, -0.2) is 0 Å². The minimum atomic E-state index is -0.531. The van der Waals surface area contributed by atoms with Crippen LogP contribution in [-0.4, -0.2) is 91.4 Å². The second-order valence-corrected chi connectivity index (χ2v) is 8.73. The van der Waals surface area contributed by atoms with Crippen molar-refractivity contribution in [3.63, 3.8) is 0 Å². The minimum Gasteiger partial charge on any atom is -0.497 e. The lowest BCUT2D eigenvalue weighted by atomic mass is 10.1. The highest BCUT2D eigenvalue weighted by molar-refractivity contribution is 5.40. The predicted molar refractivity (Wildman–Crippen MR) is 127 cm³/mol. The largest absolute Gasteiger partial charge is 0.497 e. The van der Waals surface area contributed by atoms with Gasteiger partial charge in [-0.3, -0.25) is 14.8 Å². The van der Waals surface area contributed by atoms with Gasteiger partial charge in [0.25, 0.3) is 0 Å². The smallest absolute Gasteiger partial charge is 0.127 e. The van der Waals surface area contributed by atoms with Crippen LogP contribution in [0.5, 0.6) is 11.5 Å². The summed E-state index contributed by atoms with van der Waals surface area (Å²) in [5.41, 5.74) is 3.35. The summed E-state index contributed by atoms with van der Waals surface area (Å²) in [7, 11) is 5.86. The van der Waals surface area contributed by atoms with Crippen LogP contribution in [0.25, 0.3) is 0 Å². The quantitative estimate of drug-likeness (QED) is 0.573. The van der Waals surface area contributed by atoms with Crippen molar-refractivity contribution in [2.24, 2.45) is 0 Å². The molecule has 0 spiro atoms. The first-order chi connectivity index (χ1) is 15.5. The third-order valence-corrected chi connectivity index (χ3v) is 5.94. The van der Waals surface area contributed by atoms with Crippen molar-refractivity contribution in [3.8, 4) is 11.5 Å². The maximum atomic E-state index is 10.5. The minimum absolute atomic E-state index is 0.260. The molecule has 1 saturated heterocycles. The number of likely N-dealkylation sites (N-methyl/N-ethyl adjacent to an activating group) is 1. The highest BCUT2D eigenvalue weighted by atomic mass is 16.5. The van der Waals surface area contributed by atoms with E-state index in [4.69, 9.17) is 9.47 Å². The normalized spacial score (nSPS) is 16.3. The Bertz CT molecular complexity index is 822. The lowest BCUT2D eigenvalue weighted by Gasteiger charge is -2.33. The Morgan fingerprint density at radius 2 is 1.91 bits per heavy atom. The number of aliphatic hydroxyl groups is 1. The molecule has 1 aromatic carbocycles. The Labute approximate surface area is 192 Å². The summed E-state index contributed by atoms with van der Waals surface area (Å²) in [6.07, 6.45) is 2.42. The number of ether oxygens (including phenoxy) is 2. The van der Waals surface area contributed by atoms with Crippen LogP contribution >= 0.6 is 0 Å². The van der Waals surface area contributed by atoms with Crippen LogP contribution in [0, 0.1) is 0 Å². The highest BCUT2D eigenvalue weighted by Gasteiger charge is 2.18. The number of aromatic nitrogens is 1. The Morgan fingerprint density at radius 3 is 2.56 bits per heavy atom. The van der Waals surface area contributed by atoms with Gasteiger partial charge in [-0.05, 0) is 38.2 Å². The maximum Gasteiger partial charge on any atom is 0.127 e. The van der Waals surface area contributed by atoms with Crippen molar-refractivity contribution >= 4 is 0 Å². The fraction of sp³-hybridized carbons (Fsp3) is 0.560. The summed E-state index contributed by atoms with van der Waals surface area (Å²) < 4.78 is 11.5. The van der Waals surface area contributed by atoms with Gasteiger partial charge in [0.1, 0.15) is 24.2 Å². The zero-order valence-electron chi connectivity index (χ0n) is 20.0. The molecule has 0 aliphatic carbocycles. The molecule has 1 fully saturated rings. The maximum absolute atomic E-state index is 10.5. The van der Waals surface area contributed by atoms with E-state index < -0.39 is 6.10 Å². The van der Waals surface area contributed by atoms with E-state index in [1.165, 1.54) is 5.56 Å². The molecule has 0 amide bonds. The lowest BCUT2D eigenvalue weighted by Crippen LogP contribution is -2.47. The molecule has 0 saturated carbocycles. The SMILES string of the molecule is CCc1ccc(CN(C)Cc2ccc(OC)cc2OC[C@H](O)CN2CCN(C)CC2)nc1. The predicted octanol–water partition coefficient (Wildman–Crippen LogP) is 2.27. The summed E-state index contributed by atoms with van der Waals surface area (Å²) >= 11 is 0. The summed E-state index contributed by atoms with van der Waals surface area (Å²) in [5.74, 6) is 1.50. The van der Waals surface area contributed by atoms with Gasteiger partial charge < -0.3 is 19.5 Å². The van der Waals surface area contributed by atoms with E-state index in [9.17, 15) is 5.11 Å². The summed E-state index contributed by atoms with van der Waals surface area (Å²) in [5, 5.41) is 10.5. The van der Waals surface area contributed by atoms with Crippen LogP contribution in [0.2, 0.25) is 0 Å². The highest BCUT2D eigenvalue weighted by Crippen LogP contribution is 2.26. The number of hydrogen-bond acceptors (Lipinski definition) is 7. The molecule has 32 heavy (non-hydrogen) atoms. The van der Waals surface area contributed by atoms with Crippen molar-refractivity contribution in [3.05, 3.63) is 53.3 Å². The average Bonchev–Trinajstić information content (AvgIpc) is 2.80. The van der Waals surface area contributed by atoms with Crippen molar-refractivity contribution in [1.29, 1.82) is 0 Å². The second-order valence-electron chi connectivity index (χ2n) is 8.73. The fourth-order valence-electron chi connectivity index (χ4n) is 3.88. The molecule has 1 N–H and O–H groups in total. The van der Waals surface area contributed by atoms with Crippen molar-refractivity contribution in [1.82, 2.24) is 19.7 Å². The third-order valence-electron chi connectivity index (χ3n) is 5.94. The third kappa shape index (κ3) is 7.45. The molecule has 1 atom stereocenters. The van der Waals surface area contributed by atoms with Crippen molar-refractivity contribution in [2.45, 2.75) is 32.5 Å². The molecule has 1 aliphatic rings. The van der Waals surface area contributed by atoms with Gasteiger partial charge in [0.15, 0.2) is 0 Å². The van der Waals surface area contributed by atoms with Gasteiger partial charge in [-0.1, -0.05) is 19.1 Å². The van der Waals surface area contributed by atoms with Gasteiger partial charge in [0.2, 0.25) is 0 Å². The number of aliphatic hydroxyl groups excluding tert-OH is 1. The molecule has 3 rings (SSSR count). The zero-order chi connectivity index (χ0) is 22.9. The first-order valence-electron chi connectivity index (χ1n) is 11.5. The van der Waals surface area contributed by atoms with Gasteiger partial charge in [-0.2, -0.15) is 0 Å². The topological polar surface area (TPSA) is 61.3 Å². The van der Waals surface area contributed by atoms with Gasteiger partial charge in [0, 0.05) is 63.6 Å². The molecule has 7 heteroatoms. The number of β-amino-alcohol motifs (C(OH)–C–C–N with tert-alkyl or cyclic N) is 1. The summed E-state index contributed by atoms with van der Waals surface area (Å²) in [6.45, 7) is 8.53. The second kappa shape index (κ2) is 12.2. The van der Waals surface area contributed by atoms with Crippen molar-refractivity contribution in [2.75, 3.05) is 60.5 Å². The molecule has 0 unspecified atom stereocenters. The molecule has 0 radical (unpaired) electrons. The Hall–Kier alpha value is -2.19. The van der Waals surface area contributed by atoms with E-state index in [0.29, 0.717) is 13.1 Å². The number of methoxy groups -OCH3 is 1. The van der Waals surface area contributed by atoms with Crippen molar-refractivity contribution < 1.29 is 14.6 Å². The molecule has 7 nitrogen and oxygen atoms in total. The Balaban J connectivity index is 1.57. The lowest BCUT2D eigenvalue weighted by molar-refractivity contribution is 0.0500. The number of nitrogens with zero attached hydrogens (tertiary/aromatic N) is 4. The number of piperazine rings is 1. The van der Waals surface area contributed by atoms with Crippen LogP contribution in [-0.2, 0) is 19.5 Å². The number of rotatable bonds is 11. The Kier molecular flexibility index (Phi) is 9.29. The van der Waals surface area contributed by atoms with E-state index in [2.05, 4.69) is 52.8 Å².